The Hall–Kier alpha value is -1.44. The van der Waals surface area contributed by atoms with E-state index in [1.807, 2.05) is 6.92 Å². The molecule has 0 aromatic heterocycles. The molecular weight excluding hydrogens is 316 g/mol. The van der Waals surface area contributed by atoms with Gasteiger partial charge in [0.1, 0.15) is 0 Å². The Morgan fingerprint density at radius 3 is 2.70 bits per heavy atom. The second-order valence-electron chi connectivity index (χ2n) is 5.96. The minimum atomic E-state index is -3.71. The molecule has 1 saturated heterocycles. The normalized spacial score (nSPS) is 21.0. The minimum absolute atomic E-state index is 0.146. The van der Waals surface area contributed by atoms with Crippen LogP contribution in [0.1, 0.15) is 42.1 Å². The van der Waals surface area contributed by atoms with Gasteiger partial charge >= 0.3 is 5.97 Å². The molecule has 23 heavy (non-hydrogen) atoms. The third-order valence-corrected chi connectivity index (χ3v) is 6.45. The summed E-state index contributed by atoms with van der Waals surface area (Å²) in [5, 5.41) is 0. The van der Waals surface area contributed by atoms with Gasteiger partial charge in [-0.05, 0) is 44.4 Å². The van der Waals surface area contributed by atoms with Crippen molar-refractivity contribution < 1.29 is 17.9 Å². The fraction of sp³-hybridized carbons (Fsp3) is 0.562. The fourth-order valence-electron chi connectivity index (χ4n) is 3.11. The largest absolute Gasteiger partial charge is 0.465 e. The predicted octanol–water partition coefficient (Wildman–Crippen LogP) is 1.67. The number of rotatable bonds is 4. The van der Waals surface area contributed by atoms with E-state index in [1.165, 1.54) is 17.5 Å². The monoisotopic (exact) mass is 340 g/mol. The molecule has 1 fully saturated rings. The molecule has 6 nitrogen and oxygen atoms in total. The lowest BCUT2D eigenvalue weighted by atomic mass is 10.00. The van der Waals surface area contributed by atoms with Gasteiger partial charge in [0.25, 0.3) is 0 Å². The number of methoxy groups -OCH3 is 1. The van der Waals surface area contributed by atoms with Gasteiger partial charge in [0.15, 0.2) is 0 Å². The quantitative estimate of drug-likeness (QED) is 0.842. The van der Waals surface area contributed by atoms with E-state index in [9.17, 15) is 13.2 Å². The van der Waals surface area contributed by atoms with Crippen LogP contribution in [-0.2, 0) is 14.8 Å². The summed E-state index contributed by atoms with van der Waals surface area (Å²) in [6.45, 7) is 3.91. The summed E-state index contributed by atoms with van der Waals surface area (Å²) in [5.74, 6) is -0.540. The van der Waals surface area contributed by atoms with Gasteiger partial charge in [-0.3, -0.25) is 0 Å². The van der Waals surface area contributed by atoms with Crippen molar-refractivity contribution in [3.05, 3.63) is 29.3 Å². The van der Waals surface area contributed by atoms with E-state index in [-0.39, 0.29) is 22.5 Å². The van der Waals surface area contributed by atoms with Crippen molar-refractivity contribution in [1.29, 1.82) is 0 Å². The minimum Gasteiger partial charge on any atom is -0.465 e. The molecule has 1 aromatic rings. The molecule has 2 N–H and O–H groups in total. The number of piperidine rings is 1. The highest BCUT2D eigenvalue weighted by Gasteiger charge is 2.36. The fourth-order valence-corrected chi connectivity index (χ4v) is 5.13. The molecule has 1 heterocycles. The topological polar surface area (TPSA) is 89.7 Å². The zero-order valence-electron chi connectivity index (χ0n) is 13.8. The first kappa shape index (κ1) is 17.9. The number of carbonyl (C=O) groups is 1. The van der Waals surface area contributed by atoms with E-state index in [1.54, 1.807) is 19.1 Å². The van der Waals surface area contributed by atoms with Gasteiger partial charge in [-0.2, -0.15) is 4.31 Å². The molecule has 128 valence electrons. The first-order valence-corrected chi connectivity index (χ1v) is 9.20. The number of hydrogen-bond acceptors (Lipinski definition) is 5. The van der Waals surface area contributed by atoms with E-state index < -0.39 is 16.0 Å². The summed E-state index contributed by atoms with van der Waals surface area (Å²) >= 11 is 0. The Morgan fingerprint density at radius 2 is 2.09 bits per heavy atom. The maximum atomic E-state index is 13.1. The van der Waals surface area contributed by atoms with E-state index in [0.717, 1.165) is 19.3 Å². The molecule has 7 heteroatoms. The third kappa shape index (κ3) is 3.41. The van der Waals surface area contributed by atoms with Gasteiger partial charge in [-0.1, -0.05) is 12.5 Å². The van der Waals surface area contributed by atoms with Crippen LogP contribution < -0.4 is 5.73 Å². The summed E-state index contributed by atoms with van der Waals surface area (Å²) in [4.78, 5) is 12.0. The first-order chi connectivity index (χ1) is 10.8. The SMILES string of the molecule is COC(=O)c1cccc(S(=O)(=O)N2CCCCC2C(C)N)c1C. The smallest absolute Gasteiger partial charge is 0.338 e. The van der Waals surface area contributed by atoms with Crippen LogP contribution >= 0.6 is 0 Å². The molecular formula is C16H24N2O4S. The van der Waals surface area contributed by atoms with E-state index in [4.69, 9.17) is 10.5 Å². The van der Waals surface area contributed by atoms with Crippen LogP contribution in [0.15, 0.2) is 23.1 Å². The molecule has 2 rings (SSSR count). The van der Waals surface area contributed by atoms with Crippen LogP contribution in [0.4, 0.5) is 0 Å². The summed E-state index contributed by atoms with van der Waals surface area (Å²) in [7, 11) is -2.43. The van der Waals surface area contributed by atoms with Gasteiger partial charge in [-0.25, -0.2) is 13.2 Å². The van der Waals surface area contributed by atoms with Crippen LogP contribution in [-0.4, -0.2) is 44.4 Å². The Labute approximate surface area is 137 Å². The van der Waals surface area contributed by atoms with E-state index >= 15 is 0 Å². The summed E-state index contributed by atoms with van der Waals surface area (Å²) in [6, 6.07) is 4.21. The molecule has 0 saturated carbocycles. The molecule has 1 aliphatic heterocycles. The van der Waals surface area contributed by atoms with Crippen molar-refractivity contribution in [2.45, 2.75) is 50.1 Å². The molecule has 2 atom stereocenters. The number of esters is 1. The highest BCUT2D eigenvalue weighted by Crippen LogP contribution is 2.29. The Kier molecular flexibility index (Phi) is 5.44. The number of hydrogen-bond donors (Lipinski definition) is 1. The van der Waals surface area contributed by atoms with Crippen molar-refractivity contribution >= 4 is 16.0 Å². The van der Waals surface area contributed by atoms with Gasteiger partial charge in [0.05, 0.1) is 17.6 Å². The summed E-state index contributed by atoms with van der Waals surface area (Å²) < 4.78 is 32.4. The number of ether oxygens (including phenoxy) is 1. The molecule has 2 unspecified atom stereocenters. The van der Waals surface area contributed by atoms with Crippen LogP contribution in [0.5, 0.6) is 0 Å². The molecule has 0 amide bonds. The van der Waals surface area contributed by atoms with Gasteiger partial charge in [-0.15, -0.1) is 0 Å². The van der Waals surface area contributed by atoms with Gasteiger partial charge in [0, 0.05) is 18.6 Å². The Morgan fingerprint density at radius 1 is 1.39 bits per heavy atom. The highest BCUT2D eigenvalue weighted by atomic mass is 32.2. The average Bonchev–Trinajstić information content (AvgIpc) is 2.54. The summed E-state index contributed by atoms with van der Waals surface area (Å²) in [6.07, 6.45) is 2.55. The predicted molar refractivity (Wildman–Crippen MR) is 87.7 cm³/mol. The molecule has 0 bridgehead atoms. The second kappa shape index (κ2) is 6.98. The van der Waals surface area contributed by atoms with Gasteiger partial charge < -0.3 is 10.5 Å². The maximum absolute atomic E-state index is 13.1. The van der Waals surface area contributed by atoms with Crippen LogP contribution in [0, 0.1) is 6.92 Å². The number of sulfonamides is 1. The molecule has 1 aliphatic rings. The lowest BCUT2D eigenvalue weighted by Gasteiger charge is -2.37. The lowest BCUT2D eigenvalue weighted by Crippen LogP contribution is -2.51. The second-order valence-corrected chi connectivity index (χ2v) is 7.82. The van der Waals surface area contributed by atoms with Crippen LogP contribution in [0.3, 0.4) is 0 Å². The van der Waals surface area contributed by atoms with Crippen molar-refractivity contribution in [3.63, 3.8) is 0 Å². The first-order valence-electron chi connectivity index (χ1n) is 7.76. The number of nitrogens with two attached hydrogens (primary N) is 1. The highest BCUT2D eigenvalue weighted by molar-refractivity contribution is 7.89. The standard InChI is InChI=1S/C16H24N2O4S/c1-11-13(16(19)22-3)7-6-9-15(11)23(20,21)18-10-5-4-8-14(18)12(2)17/h6-7,9,12,14H,4-5,8,10,17H2,1-3H3. The number of benzene rings is 1. The van der Waals surface area contributed by atoms with Crippen molar-refractivity contribution in [3.8, 4) is 0 Å². The zero-order chi connectivity index (χ0) is 17.2. The summed E-state index contributed by atoms with van der Waals surface area (Å²) in [5.41, 5.74) is 6.67. The molecule has 0 radical (unpaired) electrons. The Bertz CT molecular complexity index is 685. The van der Waals surface area contributed by atoms with Crippen LogP contribution in [0.25, 0.3) is 0 Å². The molecule has 0 aliphatic carbocycles. The number of carbonyl (C=O) groups excluding carboxylic acids is 1. The van der Waals surface area contributed by atoms with Gasteiger partial charge in [0.2, 0.25) is 10.0 Å². The number of nitrogens with zero attached hydrogens (tertiary/aromatic N) is 1. The van der Waals surface area contributed by atoms with E-state index in [0.29, 0.717) is 12.1 Å². The Balaban J connectivity index is 2.49. The van der Waals surface area contributed by atoms with Crippen molar-refractivity contribution in [1.82, 2.24) is 4.31 Å². The van der Waals surface area contributed by atoms with Crippen molar-refractivity contribution in [2.75, 3.05) is 13.7 Å². The third-order valence-electron chi connectivity index (χ3n) is 4.38. The average molecular weight is 340 g/mol. The van der Waals surface area contributed by atoms with E-state index in [2.05, 4.69) is 0 Å². The molecule has 0 spiro atoms. The van der Waals surface area contributed by atoms with Crippen LogP contribution in [0.2, 0.25) is 0 Å². The maximum Gasteiger partial charge on any atom is 0.338 e. The van der Waals surface area contributed by atoms with Crippen molar-refractivity contribution in [2.24, 2.45) is 5.73 Å². The lowest BCUT2D eigenvalue weighted by molar-refractivity contribution is 0.0599. The molecule has 1 aromatic carbocycles. The zero-order valence-corrected chi connectivity index (χ0v) is 14.6.